The number of hydrogen-bond donors (Lipinski definition) is 0. The van der Waals surface area contributed by atoms with Crippen LogP contribution in [-0.2, 0) is 11.2 Å². The number of aryl methyl sites for hydroxylation is 1. The monoisotopic (exact) mass is 164 g/mol. The molecule has 3 nitrogen and oxygen atoms in total. The average molecular weight is 164 g/mol. The number of fused-ring (bicyclic) bond motifs is 1. The molecule has 2 rings (SSSR count). The van der Waals surface area contributed by atoms with E-state index < -0.39 is 0 Å². The molecular weight excluding hydrogens is 152 g/mol. The summed E-state index contributed by atoms with van der Waals surface area (Å²) >= 11 is 0. The number of carbonyl (C=O) groups is 1. The van der Waals surface area contributed by atoms with Gasteiger partial charge in [0.15, 0.2) is 5.78 Å². The highest BCUT2D eigenvalue weighted by atomic mass is 16.1. The quantitative estimate of drug-likeness (QED) is 0.628. The molecule has 0 spiro atoms. The van der Waals surface area contributed by atoms with Crippen LogP contribution in [0.1, 0.15) is 31.5 Å². The standard InChI is InChI=1S/C9H12N2O/c1-7(12)9-4-2-3-8-5-10-6-11(8)9/h5-6,9H,2-4H2,1H3. The number of Topliss-reactive ketones (excluding diaryl/α,β-unsaturated/α-hetero) is 1. The van der Waals surface area contributed by atoms with Gasteiger partial charge in [0.05, 0.1) is 12.4 Å². The summed E-state index contributed by atoms with van der Waals surface area (Å²) in [5, 5.41) is 0. The number of ketones is 1. The smallest absolute Gasteiger partial charge is 0.152 e. The van der Waals surface area contributed by atoms with Crippen molar-refractivity contribution in [3.63, 3.8) is 0 Å². The molecule has 0 saturated carbocycles. The summed E-state index contributed by atoms with van der Waals surface area (Å²) in [6.45, 7) is 1.65. The van der Waals surface area contributed by atoms with E-state index in [2.05, 4.69) is 4.98 Å². The Morgan fingerprint density at radius 1 is 1.75 bits per heavy atom. The van der Waals surface area contributed by atoms with Crippen LogP contribution in [-0.4, -0.2) is 15.3 Å². The molecule has 2 heterocycles. The minimum atomic E-state index is 0.0521. The summed E-state index contributed by atoms with van der Waals surface area (Å²) in [5.41, 5.74) is 1.20. The topological polar surface area (TPSA) is 34.9 Å². The van der Waals surface area contributed by atoms with Gasteiger partial charge in [0.2, 0.25) is 0 Å². The van der Waals surface area contributed by atoms with E-state index in [0.717, 1.165) is 19.3 Å². The van der Waals surface area contributed by atoms with E-state index in [-0.39, 0.29) is 11.8 Å². The van der Waals surface area contributed by atoms with Crippen LogP contribution in [0.5, 0.6) is 0 Å². The molecule has 0 saturated heterocycles. The van der Waals surface area contributed by atoms with Crippen molar-refractivity contribution in [3.05, 3.63) is 18.2 Å². The zero-order valence-electron chi connectivity index (χ0n) is 7.16. The molecule has 1 aromatic heterocycles. The van der Waals surface area contributed by atoms with Gasteiger partial charge in [-0.05, 0) is 26.2 Å². The molecule has 1 aliphatic rings. The fourth-order valence-corrected chi connectivity index (χ4v) is 1.82. The lowest BCUT2D eigenvalue weighted by atomic mass is 10.0. The maximum atomic E-state index is 11.2. The van der Waals surface area contributed by atoms with Crippen LogP contribution in [0.4, 0.5) is 0 Å². The van der Waals surface area contributed by atoms with E-state index in [0.29, 0.717) is 0 Å². The Balaban J connectivity index is 2.37. The number of carbonyl (C=O) groups excluding carboxylic acids is 1. The summed E-state index contributed by atoms with van der Waals surface area (Å²) in [6, 6.07) is 0.0521. The molecule has 1 atom stereocenters. The first-order valence-corrected chi connectivity index (χ1v) is 4.30. The van der Waals surface area contributed by atoms with Crippen molar-refractivity contribution in [2.24, 2.45) is 0 Å². The second-order valence-corrected chi connectivity index (χ2v) is 3.31. The average Bonchev–Trinajstić information content (AvgIpc) is 2.49. The number of aromatic nitrogens is 2. The Hall–Kier alpha value is -1.12. The minimum Gasteiger partial charge on any atom is -0.324 e. The lowest BCUT2D eigenvalue weighted by Gasteiger charge is -2.22. The van der Waals surface area contributed by atoms with Crippen molar-refractivity contribution in [3.8, 4) is 0 Å². The zero-order chi connectivity index (χ0) is 8.55. The molecule has 0 aliphatic carbocycles. The largest absolute Gasteiger partial charge is 0.324 e. The SMILES string of the molecule is CC(=O)C1CCCc2cncn21. The predicted molar refractivity (Wildman–Crippen MR) is 44.9 cm³/mol. The predicted octanol–water partition coefficient (Wildman–Crippen LogP) is 1.35. The first-order chi connectivity index (χ1) is 5.79. The van der Waals surface area contributed by atoms with Crippen LogP contribution in [0.2, 0.25) is 0 Å². The van der Waals surface area contributed by atoms with Gasteiger partial charge in [-0.2, -0.15) is 0 Å². The second-order valence-electron chi connectivity index (χ2n) is 3.31. The lowest BCUT2D eigenvalue weighted by molar-refractivity contribution is -0.120. The van der Waals surface area contributed by atoms with Crippen LogP contribution in [0.3, 0.4) is 0 Å². The molecule has 1 aromatic rings. The molecule has 0 bridgehead atoms. The third kappa shape index (κ3) is 1.05. The fourth-order valence-electron chi connectivity index (χ4n) is 1.82. The number of rotatable bonds is 1. The lowest BCUT2D eigenvalue weighted by Crippen LogP contribution is -2.22. The normalized spacial score (nSPS) is 21.9. The Labute approximate surface area is 71.4 Å². The maximum Gasteiger partial charge on any atom is 0.152 e. The molecule has 0 N–H and O–H groups in total. The molecule has 0 amide bonds. The number of nitrogens with zero attached hydrogens (tertiary/aromatic N) is 2. The van der Waals surface area contributed by atoms with Crippen molar-refractivity contribution in [1.29, 1.82) is 0 Å². The molecule has 0 fully saturated rings. The van der Waals surface area contributed by atoms with Crippen LogP contribution in [0.25, 0.3) is 0 Å². The number of hydrogen-bond acceptors (Lipinski definition) is 2. The van der Waals surface area contributed by atoms with E-state index in [1.54, 1.807) is 13.3 Å². The van der Waals surface area contributed by atoms with Crippen molar-refractivity contribution in [2.45, 2.75) is 32.2 Å². The minimum absolute atomic E-state index is 0.0521. The van der Waals surface area contributed by atoms with Crippen LogP contribution < -0.4 is 0 Å². The third-order valence-corrected chi connectivity index (χ3v) is 2.46. The Kier molecular flexibility index (Phi) is 1.71. The molecular formula is C9H12N2O. The highest BCUT2D eigenvalue weighted by molar-refractivity contribution is 5.80. The summed E-state index contributed by atoms with van der Waals surface area (Å²) in [6.07, 6.45) is 6.76. The van der Waals surface area contributed by atoms with Gasteiger partial charge < -0.3 is 4.57 Å². The van der Waals surface area contributed by atoms with Crippen molar-refractivity contribution < 1.29 is 4.79 Å². The molecule has 12 heavy (non-hydrogen) atoms. The molecule has 64 valence electrons. The second kappa shape index (κ2) is 2.73. The van der Waals surface area contributed by atoms with Crippen LogP contribution >= 0.6 is 0 Å². The Bertz CT molecular complexity index is 303. The Morgan fingerprint density at radius 3 is 3.33 bits per heavy atom. The molecule has 1 aliphatic heterocycles. The van der Waals surface area contributed by atoms with E-state index in [1.165, 1.54) is 5.69 Å². The summed E-state index contributed by atoms with van der Waals surface area (Å²) in [4.78, 5) is 15.3. The van der Waals surface area contributed by atoms with Crippen LogP contribution in [0.15, 0.2) is 12.5 Å². The molecule has 0 aromatic carbocycles. The van der Waals surface area contributed by atoms with Gasteiger partial charge in [0.25, 0.3) is 0 Å². The van der Waals surface area contributed by atoms with Crippen molar-refractivity contribution in [1.82, 2.24) is 9.55 Å². The molecule has 0 radical (unpaired) electrons. The van der Waals surface area contributed by atoms with Gasteiger partial charge in [-0.15, -0.1) is 0 Å². The van der Waals surface area contributed by atoms with Crippen molar-refractivity contribution >= 4 is 5.78 Å². The third-order valence-electron chi connectivity index (χ3n) is 2.46. The maximum absolute atomic E-state index is 11.2. The summed E-state index contributed by atoms with van der Waals surface area (Å²) in [7, 11) is 0. The van der Waals surface area contributed by atoms with Crippen molar-refractivity contribution in [2.75, 3.05) is 0 Å². The van der Waals surface area contributed by atoms with Gasteiger partial charge >= 0.3 is 0 Å². The fraction of sp³-hybridized carbons (Fsp3) is 0.556. The summed E-state index contributed by atoms with van der Waals surface area (Å²) < 4.78 is 2.01. The number of imidazole rings is 1. The van der Waals surface area contributed by atoms with Gasteiger partial charge in [0.1, 0.15) is 0 Å². The highest BCUT2D eigenvalue weighted by Gasteiger charge is 2.22. The van der Waals surface area contributed by atoms with Gasteiger partial charge in [-0.1, -0.05) is 0 Å². The van der Waals surface area contributed by atoms with Gasteiger partial charge in [0, 0.05) is 11.9 Å². The first kappa shape index (κ1) is 7.53. The highest BCUT2D eigenvalue weighted by Crippen LogP contribution is 2.24. The zero-order valence-corrected chi connectivity index (χ0v) is 7.16. The van der Waals surface area contributed by atoms with E-state index in [1.807, 2.05) is 10.8 Å². The molecule has 1 unspecified atom stereocenters. The van der Waals surface area contributed by atoms with Crippen LogP contribution in [0, 0.1) is 0 Å². The van der Waals surface area contributed by atoms with Gasteiger partial charge in [-0.25, -0.2) is 4.98 Å². The van der Waals surface area contributed by atoms with Gasteiger partial charge in [-0.3, -0.25) is 4.79 Å². The first-order valence-electron chi connectivity index (χ1n) is 4.30. The summed E-state index contributed by atoms with van der Waals surface area (Å²) in [5.74, 6) is 0.244. The Morgan fingerprint density at radius 2 is 2.58 bits per heavy atom. The van der Waals surface area contributed by atoms with E-state index >= 15 is 0 Å². The van der Waals surface area contributed by atoms with E-state index in [9.17, 15) is 4.79 Å². The molecule has 3 heteroatoms. The van der Waals surface area contributed by atoms with E-state index in [4.69, 9.17) is 0 Å².